The van der Waals surface area contributed by atoms with Gasteiger partial charge in [0.1, 0.15) is 12.8 Å². The lowest BCUT2D eigenvalue weighted by molar-refractivity contribution is -0.769. The zero-order chi connectivity index (χ0) is 12.8. The minimum atomic E-state index is -0.867. The van der Waals surface area contributed by atoms with Crippen molar-refractivity contribution in [3.05, 3.63) is 10.1 Å². The van der Waals surface area contributed by atoms with E-state index in [0.717, 1.165) is 6.92 Å². The number of rotatable bonds is 5. The van der Waals surface area contributed by atoms with E-state index in [2.05, 4.69) is 4.84 Å². The van der Waals surface area contributed by atoms with Crippen LogP contribution in [0.25, 0.3) is 0 Å². The smallest absolute Gasteiger partial charge is 0.375 e. The summed E-state index contributed by atoms with van der Waals surface area (Å²) >= 11 is 0. The van der Waals surface area contributed by atoms with Crippen LogP contribution in [-0.2, 0) is 19.2 Å². The largest absolute Gasteiger partial charge is 0.444 e. The summed E-state index contributed by atoms with van der Waals surface area (Å²) in [5.74, 6) is -1.51. The van der Waals surface area contributed by atoms with Gasteiger partial charge in [0.05, 0.1) is 0 Å². The highest BCUT2D eigenvalue weighted by Crippen LogP contribution is 2.13. The summed E-state index contributed by atoms with van der Waals surface area (Å²) in [7, 11) is 0. The van der Waals surface area contributed by atoms with Gasteiger partial charge < -0.3 is 9.57 Å². The predicted octanol–water partition coefficient (Wildman–Crippen LogP) is -0.251. The van der Waals surface area contributed by atoms with Crippen LogP contribution in [0.5, 0.6) is 0 Å². The van der Waals surface area contributed by atoms with Gasteiger partial charge in [0, 0.05) is 20.0 Å². The van der Waals surface area contributed by atoms with Crippen molar-refractivity contribution >= 4 is 11.8 Å². The van der Waals surface area contributed by atoms with Gasteiger partial charge in [-0.25, -0.2) is 4.79 Å². The minimum absolute atomic E-state index is 0.0313. The summed E-state index contributed by atoms with van der Waals surface area (Å²) in [6.45, 7) is 2.23. The van der Waals surface area contributed by atoms with Crippen LogP contribution in [-0.4, -0.2) is 47.7 Å². The number of piperidine rings is 1. The summed E-state index contributed by atoms with van der Waals surface area (Å²) in [5.41, 5.74) is 0. The summed E-state index contributed by atoms with van der Waals surface area (Å²) in [5, 5.41) is 9.31. The quantitative estimate of drug-likeness (QED) is 0.285. The molecule has 8 nitrogen and oxygen atoms in total. The van der Waals surface area contributed by atoms with Gasteiger partial charge >= 0.3 is 5.97 Å². The predicted molar refractivity (Wildman–Crippen MR) is 54.3 cm³/mol. The Labute approximate surface area is 97.6 Å². The Hall–Kier alpha value is -1.70. The fourth-order valence-electron chi connectivity index (χ4n) is 1.52. The van der Waals surface area contributed by atoms with Crippen molar-refractivity contribution in [3.63, 3.8) is 0 Å². The molecule has 0 unspecified atom stereocenters. The van der Waals surface area contributed by atoms with E-state index in [0.29, 0.717) is 25.9 Å². The Bertz CT molecular complexity index is 311. The highest BCUT2D eigenvalue weighted by molar-refractivity contribution is 6.32. The monoisotopic (exact) mass is 246 g/mol. The molecule has 0 saturated carbocycles. The molecule has 0 aromatic carbocycles. The first-order chi connectivity index (χ1) is 7.99. The molecule has 0 bridgehead atoms. The molecule has 8 heteroatoms. The SMILES string of the molecule is CC(=O)C(=O)OCN1CCC(O[N+](=O)[O-])CC1. The molecule has 0 amide bonds. The van der Waals surface area contributed by atoms with Crippen LogP contribution in [0.3, 0.4) is 0 Å². The molecular weight excluding hydrogens is 232 g/mol. The average Bonchev–Trinajstić information content (AvgIpc) is 2.26. The van der Waals surface area contributed by atoms with Gasteiger partial charge in [0.15, 0.2) is 0 Å². The number of hydrogen-bond donors (Lipinski definition) is 0. The van der Waals surface area contributed by atoms with E-state index in [1.165, 1.54) is 0 Å². The molecule has 1 aliphatic heterocycles. The number of ketones is 1. The fraction of sp³-hybridized carbons (Fsp3) is 0.778. The van der Waals surface area contributed by atoms with Crippen molar-refractivity contribution in [1.82, 2.24) is 4.90 Å². The number of nitrogens with zero attached hydrogens (tertiary/aromatic N) is 2. The van der Waals surface area contributed by atoms with Crippen molar-refractivity contribution in [2.75, 3.05) is 19.8 Å². The Kier molecular flexibility index (Phi) is 4.83. The Morgan fingerprint density at radius 2 is 2.00 bits per heavy atom. The second-order valence-electron chi connectivity index (χ2n) is 3.76. The van der Waals surface area contributed by atoms with E-state index in [-0.39, 0.29) is 6.73 Å². The van der Waals surface area contributed by atoms with Crippen molar-refractivity contribution in [2.45, 2.75) is 25.9 Å². The second-order valence-corrected chi connectivity index (χ2v) is 3.76. The molecule has 1 saturated heterocycles. The Morgan fingerprint density at radius 3 is 2.47 bits per heavy atom. The van der Waals surface area contributed by atoms with Crippen molar-refractivity contribution in [3.8, 4) is 0 Å². The number of hydrogen-bond acceptors (Lipinski definition) is 7. The first-order valence-electron chi connectivity index (χ1n) is 5.20. The van der Waals surface area contributed by atoms with Crippen molar-refractivity contribution < 1.29 is 24.3 Å². The number of ether oxygens (including phenoxy) is 1. The van der Waals surface area contributed by atoms with E-state index in [1.54, 1.807) is 4.90 Å². The lowest BCUT2D eigenvalue weighted by Gasteiger charge is -2.29. The molecule has 0 atom stereocenters. The first-order valence-corrected chi connectivity index (χ1v) is 5.20. The van der Waals surface area contributed by atoms with E-state index in [4.69, 9.17) is 4.74 Å². The van der Waals surface area contributed by atoms with Crippen molar-refractivity contribution in [2.24, 2.45) is 0 Å². The highest BCUT2D eigenvalue weighted by Gasteiger charge is 2.22. The summed E-state index contributed by atoms with van der Waals surface area (Å²) in [6.07, 6.45) is 0.599. The van der Waals surface area contributed by atoms with E-state index >= 15 is 0 Å². The van der Waals surface area contributed by atoms with Gasteiger partial charge in [0.2, 0.25) is 5.78 Å². The maximum absolute atomic E-state index is 10.9. The lowest BCUT2D eigenvalue weighted by atomic mass is 10.1. The van der Waals surface area contributed by atoms with Crippen LogP contribution in [0.2, 0.25) is 0 Å². The van der Waals surface area contributed by atoms with Crippen LogP contribution < -0.4 is 0 Å². The van der Waals surface area contributed by atoms with Gasteiger partial charge in [0.25, 0.3) is 5.09 Å². The van der Waals surface area contributed by atoms with Crippen LogP contribution in [0.1, 0.15) is 19.8 Å². The standard InChI is InChI=1S/C9H14N2O6/c1-7(12)9(13)16-6-10-4-2-8(3-5-10)17-11(14)15/h8H,2-6H2,1H3. The Balaban J connectivity index is 2.21. The molecule has 0 aliphatic carbocycles. The van der Waals surface area contributed by atoms with E-state index in [9.17, 15) is 19.7 Å². The normalized spacial score (nSPS) is 17.5. The number of Topliss-reactive ketones (excluding diaryl/α,β-unsaturated/α-hetero) is 1. The van der Waals surface area contributed by atoms with Crippen LogP contribution in [0, 0.1) is 10.1 Å². The molecule has 0 radical (unpaired) electrons. The van der Waals surface area contributed by atoms with Gasteiger partial charge in [-0.15, -0.1) is 10.1 Å². The third-order valence-electron chi connectivity index (χ3n) is 2.44. The van der Waals surface area contributed by atoms with Gasteiger partial charge in [-0.3, -0.25) is 9.69 Å². The first kappa shape index (κ1) is 13.4. The number of carbonyl (C=O) groups excluding carboxylic acids is 2. The van der Waals surface area contributed by atoms with Gasteiger partial charge in [-0.2, -0.15) is 0 Å². The molecule has 1 heterocycles. The third kappa shape index (κ3) is 4.77. The molecule has 0 spiro atoms. The highest BCUT2D eigenvalue weighted by atomic mass is 17.0. The molecule has 96 valence electrons. The van der Waals surface area contributed by atoms with Crippen molar-refractivity contribution in [1.29, 1.82) is 0 Å². The zero-order valence-electron chi connectivity index (χ0n) is 9.46. The lowest BCUT2D eigenvalue weighted by Crippen LogP contribution is -2.39. The number of esters is 1. The second kappa shape index (κ2) is 6.14. The molecule has 17 heavy (non-hydrogen) atoms. The zero-order valence-corrected chi connectivity index (χ0v) is 9.46. The molecule has 0 aromatic heterocycles. The summed E-state index contributed by atoms with van der Waals surface area (Å²) < 4.78 is 4.72. The molecule has 1 aliphatic rings. The molecule has 0 N–H and O–H groups in total. The fourth-order valence-corrected chi connectivity index (χ4v) is 1.52. The van der Waals surface area contributed by atoms with Crippen LogP contribution in [0.15, 0.2) is 0 Å². The maximum Gasteiger partial charge on any atom is 0.375 e. The maximum atomic E-state index is 10.9. The van der Waals surface area contributed by atoms with Crippen LogP contribution in [0.4, 0.5) is 0 Å². The molecule has 0 aromatic rings. The van der Waals surface area contributed by atoms with Gasteiger partial charge in [-0.1, -0.05) is 0 Å². The minimum Gasteiger partial charge on any atom is -0.444 e. The summed E-state index contributed by atoms with van der Waals surface area (Å²) in [6, 6.07) is 0. The molecular formula is C9H14N2O6. The number of carbonyl (C=O) groups is 2. The average molecular weight is 246 g/mol. The number of likely N-dealkylation sites (tertiary alicyclic amines) is 1. The summed E-state index contributed by atoms with van der Waals surface area (Å²) in [4.78, 5) is 37.8. The van der Waals surface area contributed by atoms with Crippen LogP contribution >= 0.6 is 0 Å². The molecule has 1 rings (SSSR count). The van der Waals surface area contributed by atoms with E-state index in [1.807, 2.05) is 0 Å². The molecule has 1 fully saturated rings. The van der Waals surface area contributed by atoms with E-state index < -0.39 is 22.9 Å². The van der Waals surface area contributed by atoms with Gasteiger partial charge in [-0.05, 0) is 12.8 Å². The third-order valence-corrected chi connectivity index (χ3v) is 2.44. The topological polar surface area (TPSA) is 99.0 Å². The Morgan fingerprint density at radius 1 is 1.41 bits per heavy atom.